The minimum absolute atomic E-state index is 0.00124. The highest BCUT2D eigenvalue weighted by Gasteiger charge is 2.30. The molecule has 4 aromatic rings. The Morgan fingerprint density at radius 3 is 2.56 bits per heavy atom. The lowest BCUT2D eigenvalue weighted by molar-refractivity contribution is -0.117. The number of fused-ring (bicyclic) bond motifs is 1. The van der Waals surface area contributed by atoms with E-state index in [4.69, 9.17) is 0 Å². The summed E-state index contributed by atoms with van der Waals surface area (Å²) in [7, 11) is 0. The molecule has 0 radical (unpaired) electrons. The van der Waals surface area contributed by atoms with Crippen LogP contribution in [0.1, 0.15) is 12.8 Å². The Morgan fingerprint density at radius 1 is 0.963 bits per heavy atom. The SMILES string of the molecule is O=C(Nc1nc2cccc(-c3ccc(-c4ccccc4)nc3)n2n1)C1CC1. The second-order valence-electron chi connectivity index (χ2n) is 6.68. The first-order valence-corrected chi connectivity index (χ1v) is 8.96. The average molecular weight is 355 g/mol. The average Bonchev–Trinajstić information content (AvgIpc) is 3.49. The maximum atomic E-state index is 12.0. The van der Waals surface area contributed by atoms with Crippen molar-refractivity contribution >= 4 is 17.5 Å². The van der Waals surface area contributed by atoms with Crippen molar-refractivity contribution < 1.29 is 4.79 Å². The van der Waals surface area contributed by atoms with Crippen LogP contribution < -0.4 is 5.32 Å². The summed E-state index contributed by atoms with van der Waals surface area (Å²) in [5.41, 5.74) is 4.49. The Hall–Kier alpha value is -3.54. The number of hydrogen-bond acceptors (Lipinski definition) is 4. The molecule has 3 aromatic heterocycles. The number of nitrogens with one attached hydrogen (secondary N) is 1. The van der Waals surface area contributed by atoms with Crippen molar-refractivity contribution in [1.82, 2.24) is 19.6 Å². The quantitative estimate of drug-likeness (QED) is 0.604. The minimum Gasteiger partial charge on any atom is -0.293 e. The molecule has 5 rings (SSSR count). The molecule has 1 aliphatic carbocycles. The van der Waals surface area contributed by atoms with Crippen LogP contribution in [0.15, 0.2) is 66.9 Å². The molecule has 1 N–H and O–H groups in total. The van der Waals surface area contributed by atoms with Gasteiger partial charge in [-0.15, -0.1) is 5.10 Å². The Balaban J connectivity index is 1.48. The van der Waals surface area contributed by atoms with E-state index in [0.29, 0.717) is 11.6 Å². The van der Waals surface area contributed by atoms with E-state index in [9.17, 15) is 4.79 Å². The highest BCUT2D eigenvalue weighted by molar-refractivity contribution is 5.92. The largest absolute Gasteiger partial charge is 0.293 e. The molecule has 3 heterocycles. The van der Waals surface area contributed by atoms with Gasteiger partial charge in [-0.1, -0.05) is 36.4 Å². The number of anilines is 1. The first-order valence-electron chi connectivity index (χ1n) is 8.96. The molecule has 1 fully saturated rings. The Kier molecular flexibility index (Phi) is 3.67. The van der Waals surface area contributed by atoms with Crippen LogP contribution in [0.2, 0.25) is 0 Å². The second kappa shape index (κ2) is 6.32. The predicted octanol–water partition coefficient (Wildman–Crippen LogP) is 3.81. The van der Waals surface area contributed by atoms with Crippen molar-refractivity contribution in [2.75, 3.05) is 5.32 Å². The molecular weight excluding hydrogens is 338 g/mol. The Labute approximate surface area is 155 Å². The summed E-state index contributed by atoms with van der Waals surface area (Å²) in [6.45, 7) is 0. The van der Waals surface area contributed by atoms with Gasteiger partial charge in [-0.05, 0) is 37.1 Å². The van der Waals surface area contributed by atoms with Crippen LogP contribution >= 0.6 is 0 Å². The first-order chi connectivity index (χ1) is 13.3. The summed E-state index contributed by atoms with van der Waals surface area (Å²) in [4.78, 5) is 21.0. The van der Waals surface area contributed by atoms with Crippen molar-refractivity contribution in [2.24, 2.45) is 5.92 Å². The number of hydrogen-bond donors (Lipinski definition) is 1. The van der Waals surface area contributed by atoms with Gasteiger partial charge in [-0.25, -0.2) is 4.52 Å². The molecule has 0 bridgehead atoms. The fourth-order valence-electron chi connectivity index (χ4n) is 3.06. The molecule has 0 spiro atoms. The van der Waals surface area contributed by atoms with Crippen molar-refractivity contribution in [3.8, 4) is 22.5 Å². The van der Waals surface area contributed by atoms with E-state index in [1.54, 1.807) is 4.52 Å². The lowest BCUT2D eigenvalue weighted by Crippen LogP contribution is -2.14. The third-order valence-electron chi connectivity index (χ3n) is 4.67. The van der Waals surface area contributed by atoms with Gasteiger partial charge in [-0.2, -0.15) is 4.98 Å². The van der Waals surface area contributed by atoms with E-state index < -0.39 is 0 Å². The van der Waals surface area contributed by atoms with Crippen LogP contribution in [0.4, 0.5) is 5.95 Å². The number of benzene rings is 1. The van der Waals surface area contributed by atoms with Crippen LogP contribution in [0, 0.1) is 5.92 Å². The topological polar surface area (TPSA) is 72.2 Å². The molecule has 0 unspecified atom stereocenters. The Morgan fingerprint density at radius 2 is 1.81 bits per heavy atom. The van der Waals surface area contributed by atoms with Gasteiger partial charge in [0, 0.05) is 23.2 Å². The van der Waals surface area contributed by atoms with Gasteiger partial charge >= 0.3 is 0 Å². The smallest absolute Gasteiger partial charge is 0.249 e. The maximum absolute atomic E-state index is 12.0. The molecule has 132 valence electrons. The summed E-state index contributed by atoms with van der Waals surface area (Å²) in [6.07, 6.45) is 3.73. The number of aromatic nitrogens is 4. The van der Waals surface area contributed by atoms with Gasteiger partial charge < -0.3 is 0 Å². The third-order valence-corrected chi connectivity index (χ3v) is 4.67. The number of pyridine rings is 2. The zero-order chi connectivity index (χ0) is 18.2. The van der Waals surface area contributed by atoms with E-state index in [2.05, 4.69) is 20.4 Å². The van der Waals surface area contributed by atoms with Crippen LogP contribution in [0.25, 0.3) is 28.2 Å². The van der Waals surface area contributed by atoms with E-state index in [0.717, 1.165) is 35.4 Å². The fraction of sp³-hybridized carbons (Fsp3) is 0.143. The molecule has 1 amide bonds. The molecule has 1 aliphatic rings. The van der Waals surface area contributed by atoms with Crippen molar-refractivity contribution in [1.29, 1.82) is 0 Å². The number of nitrogens with zero attached hydrogens (tertiary/aromatic N) is 4. The normalized spacial score (nSPS) is 13.6. The van der Waals surface area contributed by atoms with Gasteiger partial charge in [0.25, 0.3) is 0 Å². The van der Waals surface area contributed by atoms with E-state index in [1.807, 2.05) is 66.9 Å². The lowest BCUT2D eigenvalue weighted by Gasteiger charge is -2.05. The molecule has 1 aromatic carbocycles. The van der Waals surface area contributed by atoms with Gasteiger partial charge in [0.1, 0.15) is 0 Å². The zero-order valence-corrected chi connectivity index (χ0v) is 14.5. The summed E-state index contributed by atoms with van der Waals surface area (Å²) in [5, 5.41) is 7.27. The summed E-state index contributed by atoms with van der Waals surface area (Å²) >= 11 is 0. The highest BCUT2D eigenvalue weighted by Crippen LogP contribution is 2.30. The van der Waals surface area contributed by atoms with Gasteiger partial charge in [-0.3, -0.25) is 15.1 Å². The number of carbonyl (C=O) groups excluding carboxylic acids is 1. The van der Waals surface area contributed by atoms with Gasteiger partial charge in [0.05, 0.1) is 11.4 Å². The summed E-state index contributed by atoms with van der Waals surface area (Å²) in [5.74, 6) is 0.459. The van der Waals surface area contributed by atoms with Crippen molar-refractivity contribution in [3.05, 3.63) is 66.9 Å². The van der Waals surface area contributed by atoms with Crippen molar-refractivity contribution in [3.63, 3.8) is 0 Å². The summed E-state index contributed by atoms with van der Waals surface area (Å²) < 4.78 is 1.74. The molecule has 0 atom stereocenters. The molecule has 0 saturated heterocycles. The molecule has 0 aliphatic heterocycles. The highest BCUT2D eigenvalue weighted by atomic mass is 16.2. The van der Waals surface area contributed by atoms with E-state index >= 15 is 0 Å². The number of rotatable bonds is 4. The fourth-order valence-corrected chi connectivity index (χ4v) is 3.06. The molecule has 1 saturated carbocycles. The van der Waals surface area contributed by atoms with E-state index in [-0.39, 0.29) is 11.8 Å². The lowest BCUT2D eigenvalue weighted by atomic mass is 10.1. The van der Waals surface area contributed by atoms with Gasteiger partial charge in [0.2, 0.25) is 11.9 Å². The van der Waals surface area contributed by atoms with E-state index in [1.165, 1.54) is 0 Å². The first kappa shape index (κ1) is 15.7. The van der Waals surface area contributed by atoms with Gasteiger partial charge in [0.15, 0.2) is 5.65 Å². The maximum Gasteiger partial charge on any atom is 0.249 e. The molecular formula is C21H17N5O. The second-order valence-corrected chi connectivity index (χ2v) is 6.68. The van der Waals surface area contributed by atoms with Crippen LogP contribution in [-0.2, 0) is 4.79 Å². The molecule has 6 nitrogen and oxygen atoms in total. The predicted molar refractivity (Wildman–Crippen MR) is 103 cm³/mol. The Bertz CT molecular complexity index is 1110. The molecule has 27 heavy (non-hydrogen) atoms. The van der Waals surface area contributed by atoms with Crippen LogP contribution in [-0.4, -0.2) is 25.5 Å². The third kappa shape index (κ3) is 3.06. The minimum atomic E-state index is 0.00124. The molecule has 6 heteroatoms. The van der Waals surface area contributed by atoms with Crippen molar-refractivity contribution in [2.45, 2.75) is 12.8 Å². The number of carbonyl (C=O) groups is 1. The standard InChI is InChI=1S/C21H17N5O/c27-20(15-9-10-15)24-21-23-19-8-4-7-18(26(19)25-21)16-11-12-17(22-13-16)14-5-2-1-3-6-14/h1-8,11-13,15H,9-10H2,(H,24,25,27). The summed E-state index contributed by atoms with van der Waals surface area (Å²) in [6, 6.07) is 19.8. The number of amides is 1. The van der Waals surface area contributed by atoms with Crippen LogP contribution in [0.3, 0.4) is 0 Å². The monoisotopic (exact) mass is 355 g/mol. The van der Waals surface area contributed by atoms with Crippen LogP contribution in [0.5, 0.6) is 0 Å². The zero-order valence-electron chi connectivity index (χ0n) is 14.5.